The largest absolute Gasteiger partial charge is 0.545 e. The third kappa shape index (κ3) is 487. The smallest absolute Gasteiger partial charge is 0 e. The van der Waals surface area contributed by atoms with Gasteiger partial charge >= 0.3 is 0 Å². The number of hydrogen-bond donors (Lipinski definition) is 0. The quantitative estimate of drug-likeness (QED) is 0.297. The molecule has 0 amide bonds. The summed E-state index contributed by atoms with van der Waals surface area (Å²) in [6.45, 7) is 19.5. The van der Waals surface area contributed by atoms with Crippen LogP contribution in [0.4, 0.5) is 0 Å². The second kappa shape index (κ2) is 605. The van der Waals surface area contributed by atoms with Crippen molar-refractivity contribution >= 4 is 40.7 Å². The van der Waals surface area contributed by atoms with Gasteiger partial charge in [0, 0.05) is 21.1 Å². The van der Waals surface area contributed by atoms with Crippen molar-refractivity contribution in [2.24, 2.45) is 0 Å². The van der Waals surface area contributed by atoms with Gasteiger partial charge < -0.3 is 28.8 Å². The van der Waals surface area contributed by atoms with E-state index in [4.69, 9.17) is 28.8 Å². The first-order valence-corrected chi connectivity index (χ1v) is 1.41. The minimum absolute atomic E-state index is 0. The monoisotopic (exact) mass is 272 g/mol. The van der Waals surface area contributed by atoms with Crippen molar-refractivity contribution in [1.82, 2.24) is 0 Å². The van der Waals surface area contributed by atoms with Crippen LogP contribution in [0.1, 0.15) is 0 Å². The molecule has 0 spiro atoms. The van der Waals surface area contributed by atoms with E-state index in [1.54, 1.807) is 0 Å². The minimum atomic E-state index is 0. The van der Waals surface area contributed by atoms with Crippen LogP contribution < -0.4 is 0 Å². The van der Waals surface area contributed by atoms with Crippen LogP contribution in [0.3, 0.4) is 0 Å². The van der Waals surface area contributed by atoms with Gasteiger partial charge in [-0.1, -0.05) is 0 Å². The van der Waals surface area contributed by atoms with E-state index in [1.807, 2.05) is 0 Å². The molecule has 0 saturated heterocycles. The van der Waals surface area contributed by atoms with E-state index in [0.717, 1.165) is 0 Å². The molecule has 0 bridgehead atoms. The average Bonchev–Trinajstić information content (AvgIpc) is 2.33. The summed E-state index contributed by atoms with van der Waals surface area (Å²) in [5.74, 6) is 0. The van der Waals surface area contributed by atoms with Crippen molar-refractivity contribution in [3.05, 3.63) is 0 Å². The fourth-order valence-corrected chi connectivity index (χ4v) is 0. The van der Waals surface area contributed by atoms with Gasteiger partial charge in [-0.15, -0.1) is 0 Å². The van der Waals surface area contributed by atoms with Crippen molar-refractivity contribution < 1.29 is 49.8 Å². The van der Waals surface area contributed by atoms with Crippen LogP contribution in [0.5, 0.6) is 0 Å². The molecule has 7 heteroatoms. The molecule has 0 unspecified atom stereocenters. The summed E-state index contributed by atoms with van der Waals surface area (Å²) in [5.41, 5.74) is 0. The number of hydrogen-bond acceptors (Lipinski definition) is 6. The zero-order valence-corrected chi connectivity index (χ0v) is 8.33. The second-order valence-corrected chi connectivity index (χ2v) is 0. The van der Waals surface area contributed by atoms with E-state index in [1.165, 1.54) is 0 Å². The van der Waals surface area contributed by atoms with E-state index in [9.17, 15) is 0 Å². The van der Waals surface area contributed by atoms with Crippen LogP contribution in [0.2, 0.25) is 0 Å². The van der Waals surface area contributed by atoms with Crippen LogP contribution in [-0.2, 0) is 49.8 Å². The molecule has 0 aromatic rings. The van der Waals surface area contributed by atoms with E-state index in [2.05, 4.69) is 40.7 Å². The Balaban J connectivity index is -0.00000000655. The van der Waals surface area contributed by atoms with Crippen LogP contribution in [0.15, 0.2) is 0 Å². The van der Waals surface area contributed by atoms with Crippen LogP contribution in [-0.4, -0.2) is 40.7 Å². The number of rotatable bonds is 0. The van der Waals surface area contributed by atoms with Crippen LogP contribution in [0, 0.1) is 0 Å². The van der Waals surface area contributed by atoms with Crippen LogP contribution in [0.25, 0.3) is 0 Å². The molecule has 0 aliphatic heterocycles. The van der Waals surface area contributed by atoms with Crippen molar-refractivity contribution in [3.8, 4) is 0 Å². The molecule has 0 N–H and O–H groups in total. The van der Waals surface area contributed by atoms with Gasteiger partial charge in [-0.2, -0.15) is 0 Å². The average molecular weight is 270 g/mol. The van der Waals surface area contributed by atoms with Crippen LogP contribution >= 0.6 is 0 Å². The molecule has 0 heterocycles. The maximum Gasteiger partial charge on any atom is 0 e. The van der Waals surface area contributed by atoms with Crippen molar-refractivity contribution in [2.75, 3.05) is 0 Å². The molecule has 78 valence electrons. The first kappa shape index (κ1) is 60.6. The Hall–Kier alpha value is -1.29. The zero-order chi connectivity index (χ0) is 12.0. The zero-order valence-electron chi connectivity index (χ0n) is 6.32. The Morgan fingerprint density at radius 2 is 0.308 bits per heavy atom. The third-order valence-corrected chi connectivity index (χ3v) is 0. The molecule has 0 aliphatic rings. The Labute approximate surface area is 91.0 Å². The van der Waals surface area contributed by atoms with Gasteiger partial charge in [0.2, 0.25) is 0 Å². The predicted molar refractivity (Wildman–Crippen MR) is 40.5 cm³/mol. The van der Waals surface area contributed by atoms with Crippen molar-refractivity contribution in [3.63, 3.8) is 0 Å². The van der Waals surface area contributed by atoms with E-state index in [0.29, 0.717) is 0 Å². The molecule has 0 saturated carbocycles. The normalized spacial score (nSPS) is 1.85. The second-order valence-electron chi connectivity index (χ2n) is 0. The summed E-state index contributed by atoms with van der Waals surface area (Å²) >= 11 is 0. The molecule has 0 aromatic carbocycles. The Morgan fingerprint density at radius 3 is 0.308 bits per heavy atom. The minimum Gasteiger partial charge on any atom is -0.545 e. The molecule has 0 aromatic heterocycles. The first-order valence-electron chi connectivity index (χ1n) is 1.41. The number of carbonyl (C=O) groups excluding carboxylic acids is 6. The van der Waals surface area contributed by atoms with E-state index in [-0.39, 0.29) is 21.1 Å². The SMILES string of the molecule is [CH-]=O.[CH-]=O.[CH-]=O.[CH-]=O.[CH-]=O.[CH-]=O.[Mo]. The standard InChI is InChI=1S/6CHO.Mo/c6*1-2;/h6*1H;/q6*-1;. The molecule has 0 fully saturated rings. The topological polar surface area (TPSA) is 102 Å². The summed E-state index contributed by atoms with van der Waals surface area (Å²) in [6.07, 6.45) is 0. The van der Waals surface area contributed by atoms with Crippen molar-refractivity contribution in [2.45, 2.75) is 0 Å². The fourth-order valence-electron chi connectivity index (χ4n) is 0. The molecule has 0 aliphatic carbocycles. The van der Waals surface area contributed by atoms with E-state index < -0.39 is 0 Å². The van der Waals surface area contributed by atoms with Gasteiger partial charge in [-0.3, -0.25) is 40.7 Å². The van der Waals surface area contributed by atoms with Gasteiger partial charge in [0.1, 0.15) is 0 Å². The summed E-state index contributed by atoms with van der Waals surface area (Å²) in [5, 5.41) is 0. The molecular formula is C6H6MoO6-6. The van der Waals surface area contributed by atoms with Gasteiger partial charge in [0.15, 0.2) is 0 Å². The predicted octanol–water partition coefficient (Wildman–Crippen LogP) is -1.65. The summed E-state index contributed by atoms with van der Waals surface area (Å²) in [7, 11) is 0. The molecule has 0 atom stereocenters. The molecule has 6 nitrogen and oxygen atoms in total. The van der Waals surface area contributed by atoms with Gasteiger partial charge in [-0.25, -0.2) is 0 Å². The van der Waals surface area contributed by atoms with Gasteiger partial charge in [0.05, 0.1) is 0 Å². The van der Waals surface area contributed by atoms with Gasteiger partial charge in [0.25, 0.3) is 0 Å². The summed E-state index contributed by atoms with van der Waals surface area (Å²) in [6, 6.07) is 0. The Bertz CT molecular complexity index is 32.6. The Kier molecular flexibility index (Phi) is 2820. The molecule has 0 radical (unpaired) electrons. The fraction of sp³-hybridized carbons (Fsp3) is 0. The first-order chi connectivity index (χ1) is 6.00. The summed E-state index contributed by atoms with van der Waals surface area (Å²) < 4.78 is 0. The van der Waals surface area contributed by atoms with E-state index >= 15 is 0 Å². The maximum atomic E-state index is 7.75. The molecular weight excluding hydrogens is 264 g/mol. The third-order valence-electron chi connectivity index (χ3n) is 0. The Morgan fingerprint density at radius 1 is 0.308 bits per heavy atom. The van der Waals surface area contributed by atoms with Crippen molar-refractivity contribution in [1.29, 1.82) is 0 Å². The van der Waals surface area contributed by atoms with Gasteiger partial charge in [-0.05, 0) is 0 Å². The summed E-state index contributed by atoms with van der Waals surface area (Å²) in [4.78, 5) is 46.5. The molecule has 0 rings (SSSR count). The molecule has 13 heavy (non-hydrogen) atoms. The maximum absolute atomic E-state index is 7.75.